The Morgan fingerprint density at radius 3 is 1.60 bits per heavy atom. The van der Waals surface area contributed by atoms with Crippen LogP contribution in [-0.2, 0) is 4.74 Å². The van der Waals surface area contributed by atoms with Gasteiger partial charge in [-0.15, -0.1) is 0 Å². The van der Waals surface area contributed by atoms with Gasteiger partial charge in [0.1, 0.15) is 12.5 Å². The molecule has 0 aliphatic carbocycles. The summed E-state index contributed by atoms with van der Waals surface area (Å²) in [5, 5.41) is 5.32. The highest BCUT2D eigenvalue weighted by atomic mass is 16.5. The molecule has 2 aliphatic heterocycles. The van der Waals surface area contributed by atoms with Crippen molar-refractivity contribution in [2.75, 3.05) is 0 Å². The van der Waals surface area contributed by atoms with E-state index in [1.54, 1.807) is 0 Å². The van der Waals surface area contributed by atoms with Crippen LogP contribution in [0.1, 0.15) is 25.3 Å². The molecule has 120 valence electrons. The van der Waals surface area contributed by atoms with Gasteiger partial charge >= 0.3 is 0 Å². The molecule has 0 saturated carbocycles. The molecule has 0 radical (unpaired) electrons. The van der Waals surface area contributed by atoms with Crippen molar-refractivity contribution in [3.8, 4) is 0 Å². The summed E-state index contributed by atoms with van der Waals surface area (Å²) in [6, 6.07) is 22.1. The van der Waals surface area contributed by atoms with Crippen molar-refractivity contribution in [3.63, 3.8) is 0 Å². The maximum atomic E-state index is 6.54. The van der Waals surface area contributed by atoms with Gasteiger partial charge < -0.3 is 13.9 Å². The van der Waals surface area contributed by atoms with E-state index in [2.05, 4.69) is 69.8 Å². The van der Waals surface area contributed by atoms with E-state index in [1.807, 2.05) is 0 Å². The Morgan fingerprint density at radius 2 is 1.08 bits per heavy atom. The van der Waals surface area contributed by atoms with Crippen LogP contribution in [0, 0.1) is 0 Å². The third-order valence-corrected chi connectivity index (χ3v) is 6.09. The summed E-state index contributed by atoms with van der Waals surface area (Å²) in [5.41, 5.74) is 5.24. The minimum atomic E-state index is 0.136. The molecule has 2 aromatic heterocycles. The van der Waals surface area contributed by atoms with Crippen LogP contribution in [0.5, 0.6) is 0 Å². The van der Waals surface area contributed by atoms with E-state index in [-0.39, 0.29) is 12.5 Å². The van der Waals surface area contributed by atoms with Crippen LogP contribution < -0.4 is 0 Å². The first-order chi connectivity index (χ1) is 12.4. The van der Waals surface area contributed by atoms with Gasteiger partial charge in [-0.2, -0.15) is 0 Å². The van der Waals surface area contributed by atoms with Gasteiger partial charge in [-0.1, -0.05) is 48.5 Å². The summed E-state index contributed by atoms with van der Waals surface area (Å²) in [6.45, 7) is 0. The number of rotatable bonds is 0. The van der Waals surface area contributed by atoms with Crippen molar-refractivity contribution < 1.29 is 4.74 Å². The maximum Gasteiger partial charge on any atom is 0.137 e. The van der Waals surface area contributed by atoms with E-state index in [0.29, 0.717) is 0 Å². The van der Waals surface area contributed by atoms with E-state index in [1.165, 1.54) is 43.6 Å². The molecule has 3 aromatic carbocycles. The van der Waals surface area contributed by atoms with E-state index in [0.717, 1.165) is 12.8 Å². The first-order valence-electron chi connectivity index (χ1n) is 9.01. The zero-order valence-corrected chi connectivity index (χ0v) is 13.6. The van der Waals surface area contributed by atoms with Gasteiger partial charge in [0.25, 0.3) is 0 Å². The Hall–Kier alpha value is -2.78. The molecule has 25 heavy (non-hydrogen) atoms. The van der Waals surface area contributed by atoms with Crippen molar-refractivity contribution >= 4 is 43.6 Å². The minimum absolute atomic E-state index is 0.136. The van der Waals surface area contributed by atoms with E-state index in [4.69, 9.17) is 4.74 Å². The molecule has 4 heterocycles. The highest BCUT2D eigenvalue weighted by molar-refractivity contribution is 6.22. The van der Waals surface area contributed by atoms with E-state index >= 15 is 0 Å². The lowest BCUT2D eigenvalue weighted by Crippen LogP contribution is -2.07. The third-order valence-electron chi connectivity index (χ3n) is 6.09. The second-order valence-corrected chi connectivity index (χ2v) is 7.25. The summed E-state index contributed by atoms with van der Waals surface area (Å²) in [4.78, 5) is 0. The standard InChI is InChI=1S/C22H16N2O/c1-3-7-17-13(5-1)15-9-10-16-14-6-2-4-8-18(14)24-20-12-11-19(25-20)23(17)21(15)22(16)24/h1-10,19-20H,11-12H2. The molecular formula is C22H16N2O. The van der Waals surface area contributed by atoms with Crippen molar-refractivity contribution in [2.24, 2.45) is 0 Å². The van der Waals surface area contributed by atoms with Crippen molar-refractivity contribution in [1.82, 2.24) is 9.13 Å². The van der Waals surface area contributed by atoms with Gasteiger partial charge in [-0.3, -0.25) is 0 Å². The molecule has 7 rings (SSSR count). The lowest BCUT2D eigenvalue weighted by atomic mass is 10.1. The molecule has 2 bridgehead atoms. The van der Waals surface area contributed by atoms with Crippen LogP contribution >= 0.6 is 0 Å². The van der Waals surface area contributed by atoms with Crippen molar-refractivity contribution in [3.05, 3.63) is 60.7 Å². The highest BCUT2D eigenvalue weighted by Gasteiger charge is 2.36. The Balaban J connectivity index is 1.88. The smallest absolute Gasteiger partial charge is 0.137 e. The molecule has 1 saturated heterocycles. The maximum absolute atomic E-state index is 6.54. The van der Waals surface area contributed by atoms with Gasteiger partial charge in [0.2, 0.25) is 0 Å². The van der Waals surface area contributed by atoms with Gasteiger partial charge in [0, 0.05) is 21.5 Å². The molecule has 2 atom stereocenters. The average molecular weight is 324 g/mol. The van der Waals surface area contributed by atoms with Crippen LogP contribution in [0.2, 0.25) is 0 Å². The number of ether oxygens (including phenoxy) is 1. The molecule has 3 heteroatoms. The van der Waals surface area contributed by atoms with Gasteiger partial charge in [-0.05, 0) is 25.0 Å². The van der Waals surface area contributed by atoms with Crippen LogP contribution in [0.15, 0.2) is 60.7 Å². The van der Waals surface area contributed by atoms with Crippen LogP contribution in [0.3, 0.4) is 0 Å². The van der Waals surface area contributed by atoms with Gasteiger partial charge in [0.05, 0.1) is 22.1 Å². The monoisotopic (exact) mass is 324 g/mol. The average Bonchev–Trinajstić information content (AvgIpc) is 3.29. The lowest BCUT2D eigenvalue weighted by molar-refractivity contribution is -0.0229. The zero-order valence-electron chi connectivity index (χ0n) is 13.6. The molecule has 0 amide bonds. The number of fused-ring (bicyclic) bond motifs is 10. The lowest BCUT2D eigenvalue weighted by Gasteiger charge is -2.15. The molecule has 3 nitrogen and oxygen atoms in total. The van der Waals surface area contributed by atoms with E-state index < -0.39 is 0 Å². The quantitative estimate of drug-likeness (QED) is 0.356. The number of para-hydroxylation sites is 2. The minimum Gasteiger partial charge on any atom is -0.335 e. The summed E-state index contributed by atoms with van der Waals surface area (Å²) in [7, 11) is 0. The molecule has 0 spiro atoms. The topological polar surface area (TPSA) is 19.1 Å². The Bertz CT molecular complexity index is 1240. The molecule has 1 fully saturated rings. The number of benzene rings is 3. The number of nitrogens with zero attached hydrogens (tertiary/aromatic N) is 2. The summed E-state index contributed by atoms with van der Waals surface area (Å²) >= 11 is 0. The summed E-state index contributed by atoms with van der Waals surface area (Å²) in [5.74, 6) is 0. The van der Waals surface area contributed by atoms with Crippen LogP contribution in [0.25, 0.3) is 43.6 Å². The fourth-order valence-corrected chi connectivity index (χ4v) is 5.15. The largest absolute Gasteiger partial charge is 0.335 e. The highest BCUT2D eigenvalue weighted by Crippen LogP contribution is 2.49. The van der Waals surface area contributed by atoms with E-state index in [9.17, 15) is 0 Å². The second-order valence-electron chi connectivity index (χ2n) is 7.25. The fourth-order valence-electron chi connectivity index (χ4n) is 5.15. The first kappa shape index (κ1) is 12.6. The SMILES string of the molecule is c1ccc2c(c1)c1ccc3c4ccccc4n4c3c1n2C1CCC4O1. The number of hydrogen-bond acceptors (Lipinski definition) is 1. The number of hydrogen-bond donors (Lipinski definition) is 0. The first-order valence-corrected chi connectivity index (χ1v) is 9.01. The molecule has 2 unspecified atom stereocenters. The molecule has 5 aromatic rings. The molecule has 0 N–H and O–H groups in total. The van der Waals surface area contributed by atoms with Gasteiger partial charge in [0.15, 0.2) is 0 Å². The molecular weight excluding hydrogens is 308 g/mol. The predicted molar refractivity (Wildman–Crippen MR) is 101 cm³/mol. The third kappa shape index (κ3) is 1.31. The zero-order chi connectivity index (χ0) is 16.1. The van der Waals surface area contributed by atoms with Gasteiger partial charge in [-0.25, -0.2) is 0 Å². The molecule has 2 aliphatic rings. The van der Waals surface area contributed by atoms with Crippen molar-refractivity contribution in [2.45, 2.75) is 25.3 Å². The van der Waals surface area contributed by atoms with Crippen LogP contribution in [-0.4, -0.2) is 9.13 Å². The summed E-state index contributed by atoms with van der Waals surface area (Å²) < 4.78 is 11.5. The summed E-state index contributed by atoms with van der Waals surface area (Å²) in [6.07, 6.45) is 2.41. The normalized spacial score (nSPS) is 21.9. The Kier molecular flexibility index (Phi) is 2.04. The van der Waals surface area contributed by atoms with Crippen LogP contribution in [0.4, 0.5) is 0 Å². The second kappa shape index (κ2) is 4.06. The Labute approximate surface area is 144 Å². The fraction of sp³-hybridized carbons (Fsp3) is 0.182. The number of aromatic nitrogens is 2. The van der Waals surface area contributed by atoms with Crippen molar-refractivity contribution in [1.29, 1.82) is 0 Å². The Morgan fingerprint density at radius 1 is 0.600 bits per heavy atom. The predicted octanol–water partition coefficient (Wildman–Crippen LogP) is 5.72.